The monoisotopic (exact) mass is 438 g/mol. The fourth-order valence-corrected chi connectivity index (χ4v) is 4.02. The van der Waals surface area contributed by atoms with Crippen molar-refractivity contribution in [3.63, 3.8) is 0 Å². The molecule has 0 aromatic rings. The van der Waals surface area contributed by atoms with E-state index < -0.39 is 0 Å². The molecule has 0 aromatic carbocycles. The van der Waals surface area contributed by atoms with Crippen LogP contribution >= 0.6 is 0 Å². The van der Waals surface area contributed by atoms with E-state index in [1.165, 1.54) is 70.6 Å². The average Bonchev–Trinajstić information content (AvgIpc) is 2.62. The van der Waals surface area contributed by atoms with Crippen LogP contribution in [0.5, 0.6) is 0 Å². The minimum atomic E-state index is -0.0136. The molecule has 0 saturated heterocycles. The van der Waals surface area contributed by atoms with Crippen LogP contribution in [0.2, 0.25) is 0 Å². The Balaban J connectivity index is 3.74. The van der Waals surface area contributed by atoms with Crippen molar-refractivity contribution in [3.05, 3.63) is 12.2 Å². The zero-order valence-electron chi connectivity index (χ0n) is 22.3. The van der Waals surface area contributed by atoms with Crippen molar-refractivity contribution in [2.75, 3.05) is 27.7 Å². The van der Waals surface area contributed by atoms with E-state index in [0.717, 1.165) is 30.3 Å². The van der Waals surface area contributed by atoms with Crippen molar-refractivity contribution in [1.29, 1.82) is 0 Å². The first kappa shape index (κ1) is 30.2. The van der Waals surface area contributed by atoms with Crippen LogP contribution in [0.1, 0.15) is 124 Å². The highest BCUT2D eigenvalue weighted by atomic mass is 16.5. The van der Waals surface area contributed by atoms with Gasteiger partial charge in [-0.2, -0.15) is 0 Å². The quantitative estimate of drug-likeness (QED) is 0.0881. The number of carbonyl (C=O) groups excluding carboxylic acids is 1. The zero-order chi connectivity index (χ0) is 23.6. The van der Waals surface area contributed by atoms with Crippen LogP contribution in [0.15, 0.2) is 12.2 Å². The number of carbonyl (C=O) groups is 1. The molecule has 0 saturated carbocycles. The summed E-state index contributed by atoms with van der Waals surface area (Å²) in [6, 6.07) is 0. The number of unbranched alkanes of at least 4 members (excludes halogenated alkanes) is 11. The fourth-order valence-electron chi connectivity index (χ4n) is 4.02. The molecular weight excluding hydrogens is 382 g/mol. The third kappa shape index (κ3) is 23.7. The molecule has 0 N–H and O–H groups in total. The highest BCUT2D eigenvalue weighted by Gasteiger charge is 2.27. The van der Waals surface area contributed by atoms with Crippen molar-refractivity contribution in [1.82, 2.24) is 0 Å². The van der Waals surface area contributed by atoms with Crippen LogP contribution in [0, 0.1) is 5.41 Å². The maximum Gasteiger partial charge on any atom is 0.306 e. The molecule has 0 heterocycles. The Morgan fingerprint density at radius 1 is 0.806 bits per heavy atom. The molecule has 1 atom stereocenters. The first-order valence-electron chi connectivity index (χ1n) is 13.2. The second-order valence-corrected chi connectivity index (χ2v) is 11.7. The summed E-state index contributed by atoms with van der Waals surface area (Å²) in [6.45, 7) is 9.79. The van der Waals surface area contributed by atoms with Crippen LogP contribution in [-0.2, 0) is 9.53 Å². The average molecular weight is 439 g/mol. The van der Waals surface area contributed by atoms with E-state index in [1.54, 1.807) is 0 Å². The van der Waals surface area contributed by atoms with Crippen molar-refractivity contribution in [2.24, 2.45) is 5.41 Å². The molecule has 3 nitrogen and oxygen atoms in total. The Hall–Kier alpha value is -0.830. The predicted octanol–water partition coefficient (Wildman–Crippen LogP) is 8.08. The number of hydrogen-bond acceptors (Lipinski definition) is 2. The minimum Gasteiger partial charge on any atom is -0.456 e. The third-order valence-corrected chi connectivity index (χ3v) is 5.53. The summed E-state index contributed by atoms with van der Waals surface area (Å²) in [5, 5.41) is 0. The number of ether oxygens (including phenoxy) is 1. The number of nitrogens with zero attached hydrogens (tertiary/aromatic N) is 1. The molecule has 0 bridgehead atoms. The first-order chi connectivity index (χ1) is 14.5. The molecule has 0 spiro atoms. The number of rotatable bonds is 19. The zero-order valence-corrected chi connectivity index (χ0v) is 22.3. The number of esters is 1. The van der Waals surface area contributed by atoms with Crippen molar-refractivity contribution in [2.45, 2.75) is 130 Å². The number of quaternary nitrogens is 1. The Kier molecular flexibility index (Phi) is 17.2. The molecule has 0 amide bonds. The first-order valence-corrected chi connectivity index (χ1v) is 13.2. The Bertz CT molecular complexity index is 441. The molecule has 0 aliphatic rings. The van der Waals surface area contributed by atoms with Crippen LogP contribution < -0.4 is 0 Å². The van der Waals surface area contributed by atoms with E-state index in [0.29, 0.717) is 6.42 Å². The van der Waals surface area contributed by atoms with Crippen LogP contribution in [0.3, 0.4) is 0 Å². The molecule has 1 unspecified atom stereocenters. The standard InChI is InChI=1S/C28H56NO2/c1-8-9-10-11-12-13-14-15-16-17-18-19-20-21-22-23-27(30)31-26(24-28(2,3)4)25-29(5,6)7/h15-16,26H,8-14,17-25H2,1-7H3/q+1/b16-15-. The van der Waals surface area contributed by atoms with E-state index in [1.807, 2.05) is 0 Å². The van der Waals surface area contributed by atoms with E-state index >= 15 is 0 Å². The van der Waals surface area contributed by atoms with Gasteiger partial charge in [0.25, 0.3) is 0 Å². The van der Waals surface area contributed by atoms with Crippen LogP contribution in [0.4, 0.5) is 0 Å². The smallest absolute Gasteiger partial charge is 0.306 e. The van der Waals surface area contributed by atoms with Gasteiger partial charge in [0.05, 0.1) is 21.1 Å². The molecule has 0 aliphatic heterocycles. The lowest BCUT2D eigenvalue weighted by molar-refractivity contribution is -0.873. The van der Waals surface area contributed by atoms with Gasteiger partial charge >= 0.3 is 5.97 Å². The summed E-state index contributed by atoms with van der Waals surface area (Å²) in [4.78, 5) is 12.3. The van der Waals surface area contributed by atoms with Gasteiger partial charge in [-0.25, -0.2) is 0 Å². The molecule has 0 fully saturated rings. The van der Waals surface area contributed by atoms with Crippen LogP contribution in [0.25, 0.3) is 0 Å². The van der Waals surface area contributed by atoms with Crippen LogP contribution in [-0.4, -0.2) is 44.2 Å². The van der Waals surface area contributed by atoms with Gasteiger partial charge in [0.2, 0.25) is 0 Å². The Morgan fingerprint density at radius 2 is 1.29 bits per heavy atom. The second-order valence-electron chi connectivity index (χ2n) is 11.7. The normalized spacial score (nSPS) is 13.6. The summed E-state index contributed by atoms with van der Waals surface area (Å²) < 4.78 is 6.68. The summed E-state index contributed by atoms with van der Waals surface area (Å²) in [5.74, 6) is -0.0136. The van der Waals surface area contributed by atoms with Gasteiger partial charge in [-0.1, -0.05) is 91.2 Å². The highest BCUT2D eigenvalue weighted by molar-refractivity contribution is 5.69. The molecule has 3 heteroatoms. The topological polar surface area (TPSA) is 26.3 Å². The number of allylic oxidation sites excluding steroid dienone is 2. The van der Waals surface area contributed by atoms with E-state index in [9.17, 15) is 4.79 Å². The van der Waals surface area contributed by atoms with Gasteiger partial charge in [0, 0.05) is 6.42 Å². The third-order valence-electron chi connectivity index (χ3n) is 5.53. The number of hydrogen-bond donors (Lipinski definition) is 0. The lowest BCUT2D eigenvalue weighted by atomic mass is 9.89. The highest BCUT2D eigenvalue weighted by Crippen LogP contribution is 2.24. The Morgan fingerprint density at radius 3 is 1.77 bits per heavy atom. The molecule has 31 heavy (non-hydrogen) atoms. The largest absolute Gasteiger partial charge is 0.456 e. The summed E-state index contributed by atoms with van der Waals surface area (Å²) in [5.41, 5.74) is 0.170. The molecule has 0 aromatic heterocycles. The summed E-state index contributed by atoms with van der Waals surface area (Å²) in [6.07, 6.45) is 22.8. The van der Waals surface area contributed by atoms with E-state index in [4.69, 9.17) is 4.74 Å². The van der Waals surface area contributed by atoms with Gasteiger partial charge in [0.1, 0.15) is 6.54 Å². The SMILES string of the molecule is CCCCCCCC/C=C\CCCCCCCC(=O)OC(CC(C)(C)C)C[N+](C)(C)C. The summed E-state index contributed by atoms with van der Waals surface area (Å²) >= 11 is 0. The van der Waals surface area contributed by atoms with Gasteiger partial charge in [-0.05, 0) is 43.9 Å². The lowest BCUT2D eigenvalue weighted by Crippen LogP contribution is -2.44. The fraction of sp³-hybridized carbons (Fsp3) is 0.893. The maximum atomic E-state index is 12.3. The second kappa shape index (κ2) is 17.7. The van der Waals surface area contributed by atoms with Crippen molar-refractivity contribution >= 4 is 5.97 Å². The minimum absolute atomic E-state index is 0.00984. The van der Waals surface area contributed by atoms with Gasteiger partial charge in [-0.3, -0.25) is 4.79 Å². The van der Waals surface area contributed by atoms with E-state index in [-0.39, 0.29) is 17.5 Å². The maximum absolute atomic E-state index is 12.3. The van der Waals surface area contributed by atoms with Crippen molar-refractivity contribution in [3.8, 4) is 0 Å². The van der Waals surface area contributed by atoms with Gasteiger partial charge in [-0.15, -0.1) is 0 Å². The summed E-state index contributed by atoms with van der Waals surface area (Å²) in [7, 11) is 6.48. The molecule has 0 aliphatic carbocycles. The molecule has 0 radical (unpaired) electrons. The van der Waals surface area contributed by atoms with Gasteiger partial charge < -0.3 is 9.22 Å². The molecular formula is C28H56NO2+. The lowest BCUT2D eigenvalue weighted by Gasteiger charge is -2.32. The molecule has 184 valence electrons. The van der Waals surface area contributed by atoms with Crippen molar-refractivity contribution < 1.29 is 14.0 Å². The van der Waals surface area contributed by atoms with Gasteiger partial charge in [0.15, 0.2) is 6.10 Å². The Labute approximate surface area is 195 Å². The van der Waals surface area contributed by atoms with E-state index in [2.05, 4.69) is 61.0 Å². The molecule has 0 rings (SSSR count). The number of likely N-dealkylation sites (N-methyl/N-ethyl adjacent to an activating group) is 1. The predicted molar refractivity (Wildman–Crippen MR) is 136 cm³/mol.